The fourth-order valence-corrected chi connectivity index (χ4v) is 2.53. The van der Waals surface area contributed by atoms with Crippen LogP contribution in [0.3, 0.4) is 0 Å². The van der Waals surface area contributed by atoms with Crippen LogP contribution in [0.2, 0.25) is 0 Å². The van der Waals surface area contributed by atoms with Crippen LogP contribution in [0.1, 0.15) is 27.4 Å². The molecule has 0 spiro atoms. The fourth-order valence-electron chi connectivity index (χ4n) is 1.76. The molecule has 0 saturated carbocycles. The van der Waals surface area contributed by atoms with E-state index >= 15 is 0 Å². The second kappa shape index (κ2) is 5.16. The Morgan fingerprint density at radius 2 is 2.11 bits per heavy atom. The average Bonchev–Trinajstić information content (AvgIpc) is 2.75. The zero-order valence-electron chi connectivity index (χ0n) is 10.7. The molecule has 0 aliphatic heterocycles. The zero-order valence-corrected chi connectivity index (χ0v) is 11.5. The molecule has 0 unspecified atom stereocenters. The molecular weight excluding hydrogens is 240 g/mol. The molecule has 0 atom stereocenters. The molecule has 0 saturated heterocycles. The summed E-state index contributed by atoms with van der Waals surface area (Å²) >= 11 is 1.51. The van der Waals surface area contributed by atoms with Crippen molar-refractivity contribution >= 4 is 23.0 Å². The van der Waals surface area contributed by atoms with Crippen LogP contribution < -0.4 is 0 Å². The number of hydrogen-bond donors (Lipinski definition) is 0. The Bertz CT molecular complexity index is 645. The number of allylic oxidation sites excluding steroid dienone is 1. The third-order valence-corrected chi connectivity index (χ3v) is 3.69. The van der Waals surface area contributed by atoms with Crippen molar-refractivity contribution in [1.82, 2.24) is 4.98 Å². The molecule has 0 fully saturated rings. The van der Waals surface area contributed by atoms with Gasteiger partial charge in [-0.1, -0.05) is 23.8 Å². The first kappa shape index (κ1) is 12.5. The van der Waals surface area contributed by atoms with Gasteiger partial charge in [0.05, 0.1) is 5.57 Å². The highest BCUT2D eigenvalue weighted by Crippen LogP contribution is 2.23. The molecule has 0 amide bonds. The number of rotatable bonds is 2. The second-order valence-corrected chi connectivity index (χ2v) is 5.18. The van der Waals surface area contributed by atoms with Crippen molar-refractivity contribution < 1.29 is 0 Å². The lowest BCUT2D eigenvalue weighted by atomic mass is 10.0. The van der Waals surface area contributed by atoms with Gasteiger partial charge in [-0.25, -0.2) is 4.98 Å². The maximum atomic E-state index is 9.24. The minimum atomic E-state index is 0.625. The molecule has 2 rings (SSSR count). The fraction of sp³-hybridized carbons (Fsp3) is 0.200. The summed E-state index contributed by atoms with van der Waals surface area (Å²) in [6.07, 6.45) is 1.91. The van der Waals surface area contributed by atoms with Crippen LogP contribution in [0.4, 0.5) is 0 Å². The smallest absolute Gasteiger partial charge is 0.134 e. The normalized spacial score (nSPS) is 11.3. The first-order chi connectivity index (χ1) is 8.60. The van der Waals surface area contributed by atoms with Gasteiger partial charge < -0.3 is 0 Å². The Hall–Kier alpha value is -1.92. The number of hydrogen-bond acceptors (Lipinski definition) is 3. The Balaban J connectivity index is 2.45. The summed E-state index contributed by atoms with van der Waals surface area (Å²) in [6, 6.07) is 8.45. The SMILES string of the molecule is Cc1ccc(/C=C(\C#N)c2nc(C)cs2)c(C)c1. The van der Waals surface area contributed by atoms with E-state index in [9.17, 15) is 5.26 Å². The van der Waals surface area contributed by atoms with E-state index in [-0.39, 0.29) is 0 Å². The Labute approximate surface area is 111 Å². The van der Waals surface area contributed by atoms with E-state index < -0.39 is 0 Å². The lowest BCUT2D eigenvalue weighted by Gasteiger charge is -2.02. The molecule has 0 bridgehead atoms. The first-order valence-corrected chi connectivity index (χ1v) is 6.59. The van der Waals surface area contributed by atoms with Crippen molar-refractivity contribution in [3.8, 4) is 6.07 Å². The monoisotopic (exact) mass is 254 g/mol. The molecule has 0 aliphatic carbocycles. The summed E-state index contributed by atoms with van der Waals surface area (Å²) in [5.74, 6) is 0. The quantitative estimate of drug-likeness (QED) is 0.755. The summed E-state index contributed by atoms with van der Waals surface area (Å²) in [4.78, 5) is 4.35. The van der Waals surface area contributed by atoms with Gasteiger partial charge in [-0.05, 0) is 38.0 Å². The van der Waals surface area contributed by atoms with E-state index in [2.05, 4.69) is 37.0 Å². The number of nitrogens with zero attached hydrogens (tertiary/aromatic N) is 2. The lowest BCUT2D eigenvalue weighted by Crippen LogP contribution is -1.85. The van der Waals surface area contributed by atoms with E-state index in [1.54, 1.807) is 0 Å². The molecule has 1 aromatic heterocycles. The van der Waals surface area contributed by atoms with E-state index in [0.717, 1.165) is 16.3 Å². The van der Waals surface area contributed by atoms with Gasteiger partial charge >= 0.3 is 0 Å². The molecule has 0 N–H and O–H groups in total. The number of thiazole rings is 1. The van der Waals surface area contributed by atoms with Gasteiger partial charge in [0.15, 0.2) is 0 Å². The number of benzene rings is 1. The highest BCUT2D eigenvalue weighted by Gasteiger charge is 2.06. The largest absolute Gasteiger partial charge is 0.241 e. The highest BCUT2D eigenvalue weighted by molar-refractivity contribution is 7.11. The predicted molar refractivity (Wildman–Crippen MR) is 76.3 cm³/mol. The van der Waals surface area contributed by atoms with Crippen molar-refractivity contribution in [3.63, 3.8) is 0 Å². The standard InChI is InChI=1S/C15H14N2S/c1-10-4-5-13(11(2)6-10)7-14(8-16)15-17-12(3)9-18-15/h4-7,9H,1-3H3/b14-7+. The van der Waals surface area contributed by atoms with Crippen LogP contribution >= 0.6 is 11.3 Å². The Morgan fingerprint density at radius 1 is 1.33 bits per heavy atom. The molecule has 18 heavy (non-hydrogen) atoms. The van der Waals surface area contributed by atoms with E-state index in [1.165, 1.54) is 22.5 Å². The lowest BCUT2D eigenvalue weighted by molar-refractivity contribution is 1.25. The first-order valence-electron chi connectivity index (χ1n) is 5.71. The number of nitriles is 1. The van der Waals surface area contributed by atoms with Crippen molar-refractivity contribution in [2.75, 3.05) is 0 Å². The molecule has 0 aliphatic rings. The summed E-state index contributed by atoms with van der Waals surface area (Å²) in [7, 11) is 0. The molecule has 1 aromatic carbocycles. The minimum Gasteiger partial charge on any atom is -0.241 e. The topological polar surface area (TPSA) is 36.7 Å². The molecule has 0 radical (unpaired) electrons. The van der Waals surface area contributed by atoms with Crippen LogP contribution in [0, 0.1) is 32.1 Å². The van der Waals surface area contributed by atoms with Crippen LogP contribution in [-0.4, -0.2) is 4.98 Å². The van der Waals surface area contributed by atoms with Gasteiger partial charge in [0.2, 0.25) is 0 Å². The van der Waals surface area contributed by atoms with Gasteiger partial charge in [-0.15, -0.1) is 11.3 Å². The highest BCUT2D eigenvalue weighted by atomic mass is 32.1. The average molecular weight is 254 g/mol. The number of aryl methyl sites for hydroxylation is 3. The maximum Gasteiger partial charge on any atom is 0.134 e. The van der Waals surface area contributed by atoms with Crippen molar-refractivity contribution in [1.29, 1.82) is 5.26 Å². The number of aromatic nitrogens is 1. The Kier molecular flexibility index (Phi) is 3.59. The molecule has 3 heteroatoms. The molecular formula is C15H14N2S. The predicted octanol–water partition coefficient (Wildman–Crippen LogP) is 4.13. The van der Waals surface area contributed by atoms with Crippen molar-refractivity contribution in [2.24, 2.45) is 0 Å². The third kappa shape index (κ3) is 2.66. The Morgan fingerprint density at radius 3 is 2.67 bits per heavy atom. The van der Waals surface area contributed by atoms with Gasteiger partial charge in [-0.3, -0.25) is 0 Å². The van der Waals surface area contributed by atoms with Crippen LogP contribution in [0.5, 0.6) is 0 Å². The van der Waals surface area contributed by atoms with E-state index in [4.69, 9.17) is 0 Å². The van der Waals surface area contributed by atoms with Crippen LogP contribution in [-0.2, 0) is 0 Å². The van der Waals surface area contributed by atoms with Gasteiger partial charge in [0, 0.05) is 11.1 Å². The summed E-state index contributed by atoms with van der Waals surface area (Å²) in [6.45, 7) is 6.06. The second-order valence-electron chi connectivity index (χ2n) is 4.32. The maximum absolute atomic E-state index is 9.24. The van der Waals surface area contributed by atoms with Crippen LogP contribution in [0.15, 0.2) is 23.6 Å². The van der Waals surface area contributed by atoms with Crippen molar-refractivity contribution in [3.05, 3.63) is 51.0 Å². The molecule has 2 aromatic rings. The minimum absolute atomic E-state index is 0.625. The van der Waals surface area contributed by atoms with E-state index in [0.29, 0.717) is 5.57 Å². The summed E-state index contributed by atoms with van der Waals surface area (Å²) in [5.41, 5.74) is 5.06. The van der Waals surface area contributed by atoms with Crippen molar-refractivity contribution in [2.45, 2.75) is 20.8 Å². The summed E-state index contributed by atoms with van der Waals surface area (Å²) in [5, 5.41) is 12.0. The molecule has 1 heterocycles. The van der Waals surface area contributed by atoms with E-state index in [1.807, 2.05) is 24.4 Å². The summed E-state index contributed by atoms with van der Waals surface area (Å²) < 4.78 is 0. The molecule has 2 nitrogen and oxygen atoms in total. The van der Waals surface area contributed by atoms with Gasteiger partial charge in [0.25, 0.3) is 0 Å². The van der Waals surface area contributed by atoms with Gasteiger partial charge in [-0.2, -0.15) is 5.26 Å². The third-order valence-electron chi connectivity index (χ3n) is 2.70. The molecule has 90 valence electrons. The van der Waals surface area contributed by atoms with Gasteiger partial charge in [0.1, 0.15) is 11.1 Å². The van der Waals surface area contributed by atoms with Crippen LogP contribution in [0.25, 0.3) is 11.6 Å². The zero-order chi connectivity index (χ0) is 13.1.